The second-order valence-corrected chi connectivity index (χ2v) is 3.73. The van der Waals surface area contributed by atoms with Gasteiger partial charge < -0.3 is 0 Å². The lowest BCUT2D eigenvalue weighted by Gasteiger charge is -2.13. The Morgan fingerprint density at radius 2 is 2.06 bits per heavy atom. The third-order valence-electron chi connectivity index (χ3n) is 2.59. The van der Waals surface area contributed by atoms with Gasteiger partial charge in [-0.05, 0) is 11.1 Å². The van der Waals surface area contributed by atoms with Gasteiger partial charge in [-0.2, -0.15) is 0 Å². The Hall–Kier alpha value is -2.33. The van der Waals surface area contributed by atoms with Gasteiger partial charge in [-0.25, -0.2) is 0 Å². The van der Waals surface area contributed by atoms with Gasteiger partial charge in [-0.3, -0.25) is 14.5 Å². The number of carbonyl (C=O) groups is 2. The molecule has 1 aliphatic heterocycles. The zero-order chi connectivity index (χ0) is 12.3. The van der Waals surface area contributed by atoms with Gasteiger partial charge >= 0.3 is 0 Å². The molecule has 0 aliphatic carbocycles. The Morgan fingerprint density at radius 1 is 1.35 bits per heavy atom. The molecule has 2 rings (SSSR count). The predicted molar refractivity (Wildman–Crippen MR) is 59.6 cm³/mol. The van der Waals surface area contributed by atoms with Crippen LogP contribution in [0.15, 0.2) is 35.4 Å². The molecule has 0 aromatic heterocycles. The number of imide groups is 1. The highest BCUT2D eigenvalue weighted by molar-refractivity contribution is 6.05. The van der Waals surface area contributed by atoms with E-state index in [4.69, 9.17) is 5.53 Å². The van der Waals surface area contributed by atoms with Crippen LogP contribution in [0.4, 0.5) is 0 Å². The fourth-order valence-electron chi connectivity index (χ4n) is 1.75. The number of benzene rings is 1. The van der Waals surface area contributed by atoms with Crippen molar-refractivity contribution in [3.8, 4) is 0 Å². The molecule has 6 heteroatoms. The van der Waals surface area contributed by atoms with Crippen LogP contribution < -0.4 is 0 Å². The van der Waals surface area contributed by atoms with Crippen molar-refractivity contribution in [1.82, 2.24) is 4.90 Å². The molecule has 1 aromatic carbocycles. The molecule has 6 nitrogen and oxygen atoms in total. The number of rotatable bonds is 3. The summed E-state index contributed by atoms with van der Waals surface area (Å²) in [6, 6.07) is 8.33. The third-order valence-corrected chi connectivity index (χ3v) is 2.59. The Kier molecular flexibility index (Phi) is 3.07. The molecule has 17 heavy (non-hydrogen) atoms. The molecule has 0 bridgehead atoms. The van der Waals surface area contributed by atoms with Gasteiger partial charge in [0.05, 0.1) is 6.54 Å². The molecular formula is C11H10N4O2. The van der Waals surface area contributed by atoms with E-state index in [1.165, 1.54) is 0 Å². The van der Waals surface area contributed by atoms with E-state index in [9.17, 15) is 9.59 Å². The molecule has 0 saturated carbocycles. The zero-order valence-corrected chi connectivity index (χ0v) is 8.98. The van der Waals surface area contributed by atoms with Crippen LogP contribution in [0, 0.1) is 0 Å². The molecule has 1 fully saturated rings. The van der Waals surface area contributed by atoms with Crippen LogP contribution in [0.3, 0.4) is 0 Å². The summed E-state index contributed by atoms with van der Waals surface area (Å²) in [5, 5.41) is 3.32. The highest BCUT2D eigenvalue weighted by Crippen LogP contribution is 2.19. The summed E-state index contributed by atoms with van der Waals surface area (Å²) in [5.74, 6) is -0.715. The lowest BCUT2D eigenvalue weighted by Crippen LogP contribution is -2.30. The van der Waals surface area contributed by atoms with Crippen LogP contribution in [0.25, 0.3) is 10.4 Å². The van der Waals surface area contributed by atoms with Gasteiger partial charge in [-0.1, -0.05) is 35.4 Å². The van der Waals surface area contributed by atoms with Crippen LogP contribution in [0.1, 0.15) is 12.0 Å². The fourth-order valence-corrected chi connectivity index (χ4v) is 1.75. The average Bonchev–Trinajstić information content (AvgIpc) is 2.59. The van der Waals surface area contributed by atoms with Crippen LogP contribution in [0.5, 0.6) is 0 Å². The number of hydrogen-bond acceptors (Lipinski definition) is 3. The minimum absolute atomic E-state index is 0.0320. The molecule has 0 N–H and O–H groups in total. The number of carbonyl (C=O) groups excluding carboxylic acids is 2. The average molecular weight is 230 g/mol. The van der Waals surface area contributed by atoms with Crippen molar-refractivity contribution in [2.24, 2.45) is 5.11 Å². The van der Waals surface area contributed by atoms with Gasteiger partial charge in [0.25, 0.3) is 0 Å². The molecule has 1 saturated heterocycles. The second kappa shape index (κ2) is 4.67. The van der Waals surface area contributed by atoms with Crippen LogP contribution in [0.2, 0.25) is 0 Å². The first-order chi connectivity index (χ1) is 8.22. The summed E-state index contributed by atoms with van der Waals surface area (Å²) in [6.45, 7) is 0.232. The van der Waals surface area contributed by atoms with Crippen molar-refractivity contribution in [3.63, 3.8) is 0 Å². The van der Waals surface area contributed by atoms with Crippen LogP contribution >= 0.6 is 0 Å². The molecular weight excluding hydrogens is 220 g/mol. The monoisotopic (exact) mass is 230 g/mol. The minimum atomic E-state index is -0.879. The van der Waals surface area contributed by atoms with E-state index in [-0.39, 0.29) is 18.9 Å². The minimum Gasteiger partial charge on any atom is -0.278 e. The van der Waals surface area contributed by atoms with Crippen LogP contribution in [-0.4, -0.2) is 22.8 Å². The Labute approximate surface area is 97.5 Å². The van der Waals surface area contributed by atoms with Crippen molar-refractivity contribution >= 4 is 11.8 Å². The number of hydrogen-bond donors (Lipinski definition) is 0. The molecule has 1 aromatic rings. The van der Waals surface area contributed by atoms with E-state index in [0.717, 1.165) is 10.5 Å². The molecule has 0 radical (unpaired) electrons. The van der Waals surface area contributed by atoms with Gasteiger partial charge in [-0.15, -0.1) is 0 Å². The quantitative estimate of drug-likeness (QED) is 0.342. The fraction of sp³-hybridized carbons (Fsp3) is 0.273. The molecule has 1 heterocycles. The Morgan fingerprint density at radius 3 is 2.71 bits per heavy atom. The smallest absolute Gasteiger partial charge is 0.239 e. The molecule has 1 unspecified atom stereocenters. The normalized spacial score (nSPS) is 19.3. The third kappa shape index (κ3) is 2.26. The zero-order valence-electron chi connectivity index (χ0n) is 8.98. The van der Waals surface area contributed by atoms with E-state index in [1.54, 1.807) is 0 Å². The van der Waals surface area contributed by atoms with Gasteiger partial charge in [0.1, 0.15) is 6.04 Å². The van der Waals surface area contributed by atoms with E-state index < -0.39 is 11.9 Å². The maximum absolute atomic E-state index is 11.8. The maximum Gasteiger partial charge on any atom is 0.239 e. The molecule has 2 amide bonds. The van der Waals surface area contributed by atoms with Crippen molar-refractivity contribution in [2.45, 2.75) is 19.0 Å². The summed E-state index contributed by atoms with van der Waals surface area (Å²) in [4.78, 5) is 27.0. The SMILES string of the molecule is [N-]=[N+]=NC1CC(=O)N(Cc2ccccc2)C1=O. The first-order valence-corrected chi connectivity index (χ1v) is 5.14. The number of likely N-dealkylation sites (tertiary alicyclic amines) is 1. The summed E-state index contributed by atoms with van der Waals surface area (Å²) < 4.78 is 0. The van der Waals surface area contributed by atoms with E-state index in [1.807, 2.05) is 30.3 Å². The second-order valence-electron chi connectivity index (χ2n) is 3.73. The molecule has 1 aliphatic rings. The summed E-state index contributed by atoms with van der Waals surface area (Å²) >= 11 is 0. The highest BCUT2D eigenvalue weighted by Gasteiger charge is 2.37. The Bertz CT molecular complexity index is 493. The van der Waals surface area contributed by atoms with E-state index >= 15 is 0 Å². The lowest BCUT2D eigenvalue weighted by molar-refractivity contribution is -0.139. The Balaban J connectivity index is 2.14. The molecule has 86 valence electrons. The summed E-state index contributed by atoms with van der Waals surface area (Å²) in [5.41, 5.74) is 9.15. The first-order valence-electron chi connectivity index (χ1n) is 5.14. The standard InChI is InChI=1S/C11H10N4O2/c12-14-13-9-6-10(16)15(11(9)17)7-8-4-2-1-3-5-8/h1-5,9H,6-7H2. The van der Waals surface area contributed by atoms with Crippen LogP contribution in [-0.2, 0) is 16.1 Å². The van der Waals surface area contributed by atoms with Gasteiger partial charge in [0, 0.05) is 11.3 Å². The maximum atomic E-state index is 11.8. The van der Waals surface area contributed by atoms with Crippen molar-refractivity contribution in [1.29, 1.82) is 0 Å². The topological polar surface area (TPSA) is 86.1 Å². The number of azide groups is 1. The van der Waals surface area contributed by atoms with Gasteiger partial charge in [0.2, 0.25) is 11.8 Å². The highest BCUT2D eigenvalue weighted by atomic mass is 16.2. The van der Waals surface area contributed by atoms with E-state index in [0.29, 0.717) is 0 Å². The lowest BCUT2D eigenvalue weighted by atomic mass is 10.2. The summed E-state index contributed by atoms with van der Waals surface area (Å²) in [7, 11) is 0. The summed E-state index contributed by atoms with van der Waals surface area (Å²) in [6.07, 6.45) is -0.0320. The number of nitrogens with zero attached hydrogens (tertiary/aromatic N) is 4. The first kappa shape index (κ1) is 11.2. The van der Waals surface area contributed by atoms with Gasteiger partial charge in [0.15, 0.2) is 0 Å². The molecule has 1 atom stereocenters. The largest absolute Gasteiger partial charge is 0.278 e. The van der Waals surface area contributed by atoms with E-state index in [2.05, 4.69) is 10.0 Å². The molecule has 0 spiro atoms. The van der Waals surface area contributed by atoms with Crippen molar-refractivity contribution in [3.05, 3.63) is 46.3 Å². The van der Waals surface area contributed by atoms with Crippen molar-refractivity contribution < 1.29 is 9.59 Å². The number of amides is 2. The predicted octanol–water partition coefficient (Wildman–Crippen LogP) is 1.62. The van der Waals surface area contributed by atoms with Crippen molar-refractivity contribution in [2.75, 3.05) is 0 Å².